The predicted molar refractivity (Wildman–Crippen MR) is 103 cm³/mol. The van der Waals surface area contributed by atoms with E-state index in [0.717, 1.165) is 6.54 Å². The van der Waals surface area contributed by atoms with E-state index in [1.165, 1.54) is 39.4 Å². The molecule has 3 rings (SSSR count). The van der Waals surface area contributed by atoms with Crippen molar-refractivity contribution in [3.8, 4) is 20.9 Å². The summed E-state index contributed by atoms with van der Waals surface area (Å²) in [7, 11) is -4.94. The van der Waals surface area contributed by atoms with Crippen LogP contribution >= 0.6 is 11.3 Å². The Hall–Kier alpha value is -2.06. The standard InChI is InChI=1S/C21H22NS.ClHO4/c1-2-3-14-22-19-15-20(17-10-6-4-7-11-17)23-21(16-19)18-12-8-5-9-13-18;2-1(3,4)5/h4-13,15-16,22H,2-3,14H2,1H3;(H,2,3,4,5)/q+1;/p-1. The molecule has 0 fully saturated rings. The van der Waals surface area contributed by atoms with Crippen LogP contribution in [0.2, 0.25) is 0 Å². The third-order valence-corrected chi connectivity index (χ3v) is 4.92. The van der Waals surface area contributed by atoms with E-state index in [0.29, 0.717) is 0 Å². The normalized spacial score (nSPS) is 10.8. The van der Waals surface area contributed by atoms with Gasteiger partial charge in [0.1, 0.15) is 0 Å². The summed E-state index contributed by atoms with van der Waals surface area (Å²) < 4.78 is 34.0. The number of nitrogens with one attached hydrogen (secondary N) is 1. The van der Waals surface area contributed by atoms with Gasteiger partial charge in [-0.05, 0) is 30.7 Å². The Balaban J connectivity index is 0.000000500. The van der Waals surface area contributed by atoms with E-state index >= 15 is 0 Å². The van der Waals surface area contributed by atoms with Crippen molar-refractivity contribution in [3.05, 3.63) is 72.8 Å². The fourth-order valence-corrected chi connectivity index (χ4v) is 3.62. The van der Waals surface area contributed by atoms with E-state index in [1.54, 1.807) is 0 Å². The third kappa shape index (κ3) is 8.31. The Bertz CT molecular complexity index is 778. The molecule has 0 aliphatic rings. The molecule has 2 aromatic carbocycles. The summed E-state index contributed by atoms with van der Waals surface area (Å²) in [6.07, 6.45) is 2.40. The summed E-state index contributed by atoms with van der Waals surface area (Å²) >= 11 is 1.84. The fourth-order valence-electron chi connectivity index (χ4n) is 2.50. The maximum absolute atomic E-state index is 8.49. The number of anilines is 1. The maximum Gasteiger partial charge on any atom is 0.240 e. The summed E-state index contributed by atoms with van der Waals surface area (Å²) in [5.41, 5.74) is 3.75. The Morgan fingerprint density at radius 1 is 0.786 bits per heavy atom. The van der Waals surface area contributed by atoms with Crippen LogP contribution in [-0.2, 0) is 0 Å². The van der Waals surface area contributed by atoms with E-state index in [1.807, 2.05) is 11.3 Å². The molecule has 0 radical (unpaired) electrons. The van der Waals surface area contributed by atoms with Crippen molar-refractivity contribution in [2.75, 3.05) is 11.9 Å². The summed E-state index contributed by atoms with van der Waals surface area (Å²) in [5.74, 6) is 0. The van der Waals surface area contributed by atoms with Crippen molar-refractivity contribution in [3.63, 3.8) is 0 Å². The molecule has 1 N–H and O–H groups in total. The van der Waals surface area contributed by atoms with Crippen LogP contribution in [0.3, 0.4) is 0 Å². The van der Waals surface area contributed by atoms with Crippen LogP contribution in [0.1, 0.15) is 19.8 Å². The minimum absolute atomic E-state index is 1.02. The van der Waals surface area contributed by atoms with Gasteiger partial charge in [0.2, 0.25) is 21.1 Å². The van der Waals surface area contributed by atoms with Crippen molar-refractivity contribution in [1.82, 2.24) is 0 Å². The van der Waals surface area contributed by atoms with Crippen LogP contribution < -0.4 is 24.0 Å². The third-order valence-electron chi connectivity index (χ3n) is 3.77. The molecular weight excluding hydrogens is 398 g/mol. The highest BCUT2D eigenvalue weighted by Gasteiger charge is 2.18. The number of unbranched alkanes of at least 4 members (excludes halogenated alkanes) is 1. The number of benzene rings is 2. The first kappa shape index (κ1) is 22.2. The molecule has 1 aromatic heterocycles. The van der Waals surface area contributed by atoms with E-state index in [4.69, 9.17) is 18.6 Å². The van der Waals surface area contributed by atoms with Crippen molar-refractivity contribution in [2.45, 2.75) is 19.8 Å². The molecule has 0 amide bonds. The zero-order chi connectivity index (χ0) is 20.4. The van der Waals surface area contributed by atoms with Crippen LogP contribution in [0.5, 0.6) is 0 Å². The molecule has 0 saturated carbocycles. The predicted octanol–water partition coefficient (Wildman–Crippen LogP) is 1.82. The minimum Gasteiger partial charge on any atom is -0.385 e. The first-order valence-electron chi connectivity index (χ1n) is 8.81. The lowest BCUT2D eigenvalue weighted by Gasteiger charge is -2.17. The fraction of sp³-hybridized carbons (Fsp3) is 0.190. The molecule has 0 spiro atoms. The average Bonchev–Trinajstić information content (AvgIpc) is 2.68. The molecule has 148 valence electrons. The second-order valence-electron chi connectivity index (χ2n) is 5.96. The maximum atomic E-state index is 8.49. The molecule has 0 saturated heterocycles. The van der Waals surface area contributed by atoms with Gasteiger partial charge in [0.25, 0.3) is 0 Å². The molecule has 0 aliphatic carbocycles. The molecule has 0 aliphatic heterocycles. The van der Waals surface area contributed by atoms with Crippen molar-refractivity contribution in [1.29, 1.82) is 0 Å². The van der Waals surface area contributed by atoms with Gasteiger partial charge < -0.3 is 5.32 Å². The SMILES string of the molecule is CCCCNc1cc(-c2ccccc2)[s+]c(-c2ccccc2)c1.[O-][Cl+3]([O-])([O-])[O-]. The van der Waals surface area contributed by atoms with Gasteiger partial charge in [-0.3, -0.25) is 0 Å². The zero-order valence-corrected chi connectivity index (χ0v) is 17.0. The van der Waals surface area contributed by atoms with Crippen LogP contribution in [0.4, 0.5) is 5.69 Å². The van der Waals surface area contributed by atoms with E-state index < -0.39 is 10.2 Å². The van der Waals surface area contributed by atoms with Gasteiger partial charge in [0.15, 0.2) is 0 Å². The lowest BCUT2D eigenvalue weighted by Crippen LogP contribution is -2.68. The highest BCUT2D eigenvalue weighted by atomic mass is 35.7. The monoisotopic (exact) mass is 419 g/mol. The molecule has 0 unspecified atom stereocenters. The molecule has 0 atom stereocenters. The van der Waals surface area contributed by atoms with Crippen LogP contribution in [0, 0.1) is 10.2 Å². The Labute approximate surface area is 171 Å². The molecule has 1 heterocycles. The van der Waals surface area contributed by atoms with Crippen LogP contribution in [0.15, 0.2) is 72.8 Å². The Kier molecular flexibility index (Phi) is 8.79. The van der Waals surface area contributed by atoms with Crippen LogP contribution in [0.25, 0.3) is 20.9 Å². The molecule has 3 aromatic rings. The van der Waals surface area contributed by atoms with Gasteiger partial charge in [0, 0.05) is 35.5 Å². The van der Waals surface area contributed by atoms with Gasteiger partial charge in [-0.1, -0.05) is 49.7 Å². The Morgan fingerprint density at radius 3 is 1.61 bits per heavy atom. The highest BCUT2D eigenvalue weighted by Crippen LogP contribution is 2.35. The van der Waals surface area contributed by atoms with Gasteiger partial charge in [-0.15, -0.1) is 10.2 Å². The van der Waals surface area contributed by atoms with Crippen molar-refractivity contribution in [2.24, 2.45) is 0 Å². The largest absolute Gasteiger partial charge is 0.385 e. The number of hydrogen-bond donors (Lipinski definition) is 1. The second kappa shape index (κ2) is 11.1. The number of hydrogen-bond acceptors (Lipinski definition) is 5. The van der Waals surface area contributed by atoms with Crippen molar-refractivity contribution >= 4 is 17.0 Å². The van der Waals surface area contributed by atoms with Gasteiger partial charge in [-0.25, -0.2) is 18.6 Å². The molecule has 7 heteroatoms. The lowest BCUT2D eigenvalue weighted by molar-refractivity contribution is -2.00. The Morgan fingerprint density at radius 2 is 1.21 bits per heavy atom. The van der Waals surface area contributed by atoms with Crippen molar-refractivity contribution < 1.29 is 28.9 Å². The van der Waals surface area contributed by atoms with Gasteiger partial charge in [-0.2, -0.15) is 0 Å². The zero-order valence-electron chi connectivity index (χ0n) is 15.5. The highest BCUT2D eigenvalue weighted by molar-refractivity contribution is 7.18. The van der Waals surface area contributed by atoms with E-state index in [-0.39, 0.29) is 0 Å². The van der Waals surface area contributed by atoms with Gasteiger partial charge >= 0.3 is 0 Å². The smallest absolute Gasteiger partial charge is 0.240 e. The first-order chi connectivity index (χ1) is 13.4. The summed E-state index contributed by atoms with van der Waals surface area (Å²) in [4.78, 5) is 2.59. The molecule has 28 heavy (non-hydrogen) atoms. The lowest BCUT2D eigenvalue weighted by atomic mass is 10.1. The average molecular weight is 420 g/mol. The minimum atomic E-state index is -4.94. The number of rotatable bonds is 6. The van der Waals surface area contributed by atoms with Gasteiger partial charge in [0.05, 0.1) is 0 Å². The number of halogens is 1. The van der Waals surface area contributed by atoms with E-state index in [2.05, 4.69) is 85.0 Å². The molecular formula is C21H22ClNO4S. The molecule has 0 bridgehead atoms. The summed E-state index contributed by atoms with van der Waals surface area (Å²) in [6, 6.07) is 25.8. The van der Waals surface area contributed by atoms with Crippen LogP contribution in [-0.4, -0.2) is 6.54 Å². The molecule has 5 nitrogen and oxygen atoms in total. The second-order valence-corrected chi connectivity index (χ2v) is 7.80. The quantitative estimate of drug-likeness (QED) is 0.484. The summed E-state index contributed by atoms with van der Waals surface area (Å²) in [6.45, 7) is 3.24. The topological polar surface area (TPSA) is 104 Å². The first-order valence-corrected chi connectivity index (χ1v) is 10.9. The summed E-state index contributed by atoms with van der Waals surface area (Å²) in [5, 5.41) is 3.57. The van der Waals surface area contributed by atoms with E-state index in [9.17, 15) is 0 Å².